The van der Waals surface area contributed by atoms with Gasteiger partial charge in [-0.3, -0.25) is 0 Å². The van der Waals surface area contributed by atoms with E-state index in [4.69, 9.17) is 0 Å². The number of benzene rings is 6. The Balaban J connectivity index is 1.66. The third-order valence-corrected chi connectivity index (χ3v) is 7.04. The topological polar surface area (TPSA) is 0 Å². The van der Waals surface area contributed by atoms with E-state index in [-0.39, 0.29) is 0 Å². The Labute approximate surface area is 212 Å². The minimum atomic E-state index is 1.07. The van der Waals surface area contributed by atoms with Crippen molar-refractivity contribution in [3.63, 3.8) is 0 Å². The summed E-state index contributed by atoms with van der Waals surface area (Å²) in [6.07, 6.45) is 2.15. The predicted molar refractivity (Wildman–Crippen MR) is 158 cm³/mol. The van der Waals surface area contributed by atoms with E-state index in [0.29, 0.717) is 0 Å². The summed E-state index contributed by atoms with van der Waals surface area (Å²) < 4.78 is 0. The largest absolute Gasteiger partial charge is 0.0961 e. The van der Waals surface area contributed by atoms with Crippen LogP contribution >= 0.6 is 0 Å². The molecule has 172 valence electrons. The Morgan fingerprint density at radius 1 is 0.528 bits per heavy atom. The highest BCUT2D eigenvalue weighted by molar-refractivity contribution is 6.21. The molecule has 0 radical (unpaired) electrons. The fourth-order valence-corrected chi connectivity index (χ4v) is 5.46. The molecule has 0 heterocycles. The molecule has 36 heavy (non-hydrogen) atoms. The molecule has 0 atom stereocenters. The minimum Gasteiger partial charge on any atom is -0.0961 e. The number of allylic oxidation sites excluding steroid dienone is 3. The van der Waals surface area contributed by atoms with Crippen LogP contribution in [0.5, 0.6) is 0 Å². The van der Waals surface area contributed by atoms with Gasteiger partial charge in [0.2, 0.25) is 0 Å². The van der Waals surface area contributed by atoms with E-state index >= 15 is 0 Å². The average Bonchev–Trinajstić information content (AvgIpc) is 2.91. The normalized spacial score (nSPS) is 11.9. The van der Waals surface area contributed by atoms with E-state index in [0.717, 1.165) is 5.57 Å². The highest BCUT2D eigenvalue weighted by Gasteiger charge is 2.16. The summed E-state index contributed by atoms with van der Waals surface area (Å²) >= 11 is 0. The molecule has 0 bridgehead atoms. The third-order valence-electron chi connectivity index (χ3n) is 7.04. The number of rotatable bonds is 4. The van der Waals surface area contributed by atoms with Gasteiger partial charge in [0.05, 0.1) is 0 Å². The molecule has 0 spiro atoms. The summed E-state index contributed by atoms with van der Waals surface area (Å²) in [5.41, 5.74) is 8.62. The van der Waals surface area contributed by atoms with Crippen LogP contribution < -0.4 is 0 Å². The van der Waals surface area contributed by atoms with Gasteiger partial charge in [0.15, 0.2) is 0 Å². The van der Waals surface area contributed by atoms with E-state index in [1.165, 1.54) is 65.7 Å². The van der Waals surface area contributed by atoms with E-state index in [2.05, 4.69) is 135 Å². The third kappa shape index (κ3) is 3.82. The van der Waals surface area contributed by atoms with Gasteiger partial charge in [-0.1, -0.05) is 121 Å². The van der Waals surface area contributed by atoms with Crippen molar-refractivity contribution in [3.05, 3.63) is 139 Å². The van der Waals surface area contributed by atoms with Gasteiger partial charge >= 0.3 is 0 Å². The zero-order valence-electron chi connectivity index (χ0n) is 20.8. The summed E-state index contributed by atoms with van der Waals surface area (Å²) in [7, 11) is 0. The van der Waals surface area contributed by atoms with Crippen LogP contribution in [-0.4, -0.2) is 0 Å². The maximum Gasteiger partial charge on any atom is -0.00262 e. The van der Waals surface area contributed by atoms with Crippen molar-refractivity contribution >= 4 is 37.9 Å². The highest BCUT2D eigenvalue weighted by atomic mass is 14.2. The lowest BCUT2D eigenvalue weighted by Gasteiger charge is -2.18. The smallest absolute Gasteiger partial charge is 0.00262 e. The van der Waals surface area contributed by atoms with Crippen molar-refractivity contribution in [2.75, 3.05) is 0 Å². The summed E-state index contributed by atoms with van der Waals surface area (Å²) in [6.45, 7) is 8.24. The van der Waals surface area contributed by atoms with Gasteiger partial charge in [0.25, 0.3) is 0 Å². The van der Waals surface area contributed by atoms with E-state index in [1.54, 1.807) is 0 Å². The summed E-state index contributed by atoms with van der Waals surface area (Å²) in [4.78, 5) is 0. The molecule has 0 aromatic heterocycles. The van der Waals surface area contributed by atoms with Gasteiger partial charge in [-0.15, -0.1) is 0 Å². The molecule has 0 aliphatic rings. The van der Waals surface area contributed by atoms with Crippen LogP contribution in [0.3, 0.4) is 0 Å². The van der Waals surface area contributed by atoms with Gasteiger partial charge in [-0.2, -0.15) is 0 Å². The second-order valence-electron chi connectivity index (χ2n) is 9.66. The van der Waals surface area contributed by atoms with Crippen LogP contribution in [0.25, 0.3) is 60.1 Å². The molecule has 6 aromatic carbocycles. The Bertz CT molecular complexity index is 1740. The van der Waals surface area contributed by atoms with Gasteiger partial charge in [-0.05, 0) is 91.7 Å². The summed E-state index contributed by atoms with van der Waals surface area (Å²) in [5.74, 6) is 0. The Kier molecular flexibility index (Phi) is 5.51. The molecule has 0 fully saturated rings. The van der Waals surface area contributed by atoms with Gasteiger partial charge in [0.1, 0.15) is 0 Å². The van der Waals surface area contributed by atoms with Crippen LogP contribution in [-0.2, 0) is 0 Å². The second-order valence-corrected chi connectivity index (χ2v) is 9.66. The van der Waals surface area contributed by atoms with Crippen molar-refractivity contribution in [1.82, 2.24) is 0 Å². The molecule has 6 rings (SSSR count). The van der Waals surface area contributed by atoms with Gasteiger partial charge in [-0.25, -0.2) is 0 Å². The molecule has 0 heteroatoms. The fourth-order valence-electron chi connectivity index (χ4n) is 5.46. The zero-order valence-corrected chi connectivity index (χ0v) is 20.8. The lowest BCUT2D eigenvalue weighted by atomic mass is 9.85. The molecule has 6 aromatic rings. The molecule has 0 aliphatic heterocycles. The van der Waals surface area contributed by atoms with E-state index in [1.807, 2.05) is 6.92 Å². The van der Waals surface area contributed by atoms with Crippen molar-refractivity contribution in [2.45, 2.75) is 13.8 Å². The van der Waals surface area contributed by atoms with Gasteiger partial charge in [0, 0.05) is 0 Å². The van der Waals surface area contributed by atoms with Crippen molar-refractivity contribution in [1.29, 1.82) is 0 Å². The van der Waals surface area contributed by atoms with Crippen molar-refractivity contribution in [2.24, 2.45) is 0 Å². The molecule has 0 N–H and O–H groups in total. The molecular formula is C36H28. The van der Waals surface area contributed by atoms with Crippen LogP contribution in [0.4, 0.5) is 0 Å². The maximum absolute atomic E-state index is 4.05. The maximum atomic E-state index is 4.05. The number of hydrogen-bond donors (Lipinski definition) is 0. The first-order valence-corrected chi connectivity index (χ1v) is 12.5. The summed E-state index contributed by atoms with van der Waals surface area (Å²) in [5, 5.41) is 7.63. The zero-order chi connectivity index (χ0) is 24.6. The Morgan fingerprint density at radius 3 is 1.64 bits per heavy atom. The lowest BCUT2D eigenvalue weighted by molar-refractivity contribution is 1.52. The molecule has 0 nitrogen and oxygen atoms in total. The van der Waals surface area contributed by atoms with E-state index in [9.17, 15) is 0 Å². The first kappa shape index (κ1) is 22.1. The first-order chi connectivity index (χ1) is 17.6. The van der Waals surface area contributed by atoms with Crippen molar-refractivity contribution < 1.29 is 0 Å². The van der Waals surface area contributed by atoms with Crippen molar-refractivity contribution in [3.8, 4) is 22.3 Å². The predicted octanol–water partition coefficient (Wildman–Crippen LogP) is 10.5. The highest BCUT2D eigenvalue weighted by Crippen LogP contribution is 2.44. The van der Waals surface area contributed by atoms with Crippen LogP contribution in [0.15, 0.2) is 133 Å². The lowest BCUT2D eigenvalue weighted by Crippen LogP contribution is -1.91. The fraction of sp³-hybridized carbons (Fsp3) is 0.0556. The molecule has 0 saturated heterocycles. The average molecular weight is 461 g/mol. The monoisotopic (exact) mass is 460 g/mol. The van der Waals surface area contributed by atoms with Crippen LogP contribution in [0, 0.1) is 0 Å². The molecule has 0 aliphatic carbocycles. The molecule has 0 unspecified atom stereocenters. The van der Waals surface area contributed by atoms with Crippen LogP contribution in [0.1, 0.15) is 19.4 Å². The first-order valence-electron chi connectivity index (χ1n) is 12.5. The Morgan fingerprint density at radius 2 is 1.06 bits per heavy atom. The summed E-state index contributed by atoms with van der Waals surface area (Å²) in [6, 6.07) is 42.0. The van der Waals surface area contributed by atoms with Gasteiger partial charge < -0.3 is 0 Å². The Hall–Kier alpha value is -4.42. The number of hydrogen-bond acceptors (Lipinski definition) is 0. The number of fused-ring (bicyclic) bond motifs is 3. The standard InChI is InChI=1S/C36H28/c1-24(2)21-25(3)28-19-17-26-18-20-29(23-30(26)22-28)36-33-15-9-7-13-31(33)35(27-11-5-4-6-12-27)32-14-8-10-16-34(32)36/h4-23H,1H2,2-3H3/b25-21+. The quantitative estimate of drug-likeness (QED) is 0.181. The van der Waals surface area contributed by atoms with E-state index < -0.39 is 0 Å². The molecule has 0 amide bonds. The minimum absolute atomic E-state index is 1.07. The molecule has 0 saturated carbocycles. The second kappa shape index (κ2) is 8.98. The van der Waals surface area contributed by atoms with Crippen LogP contribution in [0.2, 0.25) is 0 Å². The SMILES string of the molecule is C=C(C)/C=C(\C)c1ccc2ccc(-c3c4ccccc4c(-c4ccccc4)c4ccccc34)cc2c1. The molecular weight excluding hydrogens is 432 g/mol.